The minimum Gasteiger partial charge on any atom is -0.444 e. The molecule has 0 aromatic carbocycles. The molecule has 1 heterocycles. The van der Waals surface area contributed by atoms with Gasteiger partial charge in [0.15, 0.2) is 0 Å². The molecule has 1 aromatic rings. The van der Waals surface area contributed by atoms with E-state index in [2.05, 4.69) is 22.7 Å². The largest absolute Gasteiger partial charge is 0.444 e. The monoisotopic (exact) mass is 308 g/mol. The van der Waals surface area contributed by atoms with Crippen LogP contribution in [0.15, 0.2) is 12.4 Å². The number of amides is 1. The molecule has 6 heteroatoms. The van der Waals surface area contributed by atoms with Crippen molar-refractivity contribution in [3.05, 3.63) is 12.4 Å². The van der Waals surface area contributed by atoms with Crippen molar-refractivity contribution in [2.24, 2.45) is 0 Å². The molecule has 0 saturated heterocycles. The highest BCUT2D eigenvalue weighted by atomic mass is 16.6. The first-order valence-corrected chi connectivity index (χ1v) is 8.16. The Hall–Kier alpha value is -1.72. The number of ether oxygens (including phenoxy) is 1. The third kappa shape index (κ3) is 4.93. The molecular weight excluding hydrogens is 280 g/mol. The van der Waals surface area contributed by atoms with Gasteiger partial charge in [0, 0.05) is 18.8 Å². The van der Waals surface area contributed by atoms with Crippen molar-refractivity contribution in [1.82, 2.24) is 15.1 Å². The predicted molar refractivity (Wildman–Crippen MR) is 86.9 cm³/mol. The molecule has 1 aliphatic carbocycles. The summed E-state index contributed by atoms with van der Waals surface area (Å²) in [4.78, 5) is 11.9. The molecule has 2 N–H and O–H groups in total. The Balaban J connectivity index is 1.88. The van der Waals surface area contributed by atoms with Gasteiger partial charge < -0.3 is 15.4 Å². The van der Waals surface area contributed by atoms with Gasteiger partial charge in [0.1, 0.15) is 5.60 Å². The molecular formula is C16H28N4O2. The van der Waals surface area contributed by atoms with E-state index in [-0.39, 0.29) is 18.2 Å². The van der Waals surface area contributed by atoms with E-state index in [4.69, 9.17) is 4.74 Å². The lowest BCUT2D eigenvalue weighted by molar-refractivity contribution is 0.0503. The summed E-state index contributed by atoms with van der Waals surface area (Å²) in [5.74, 6) is 0. The molecule has 6 nitrogen and oxygen atoms in total. The first kappa shape index (κ1) is 16.6. The second-order valence-corrected chi connectivity index (χ2v) is 6.93. The molecule has 0 aliphatic heterocycles. The lowest BCUT2D eigenvalue weighted by Crippen LogP contribution is -2.45. The first-order chi connectivity index (χ1) is 10.4. The zero-order valence-corrected chi connectivity index (χ0v) is 14.1. The van der Waals surface area contributed by atoms with Crippen LogP contribution in [0.5, 0.6) is 0 Å². The van der Waals surface area contributed by atoms with Gasteiger partial charge in [-0.2, -0.15) is 5.10 Å². The van der Waals surface area contributed by atoms with Gasteiger partial charge >= 0.3 is 6.09 Å². The highest BCUT2D eigenvalue weighted by molar-refractivity contribution is 5.68. The summed E-state index contributed by atoms with van der Waals surface area (Å²) in [7, 11) is 0. The Morgan fingerprint density at radius 1 is 1.41 bits per heavy atom. The van der Waals surface area contributed by atoms with E-state index in [0.717, 1.165) is 37.9 Å². The minimum absolute atomic E-state index is 0.101. The number of aryl methyl sites for hydroxylation is 1. The van der Waals surface area contributed by atoms with Crippen LogP contribution in [0.4, 0.5) is 10.5 Å². The van der Waals surface area contributed by atoms with Crippen LogP contribution in [0.2, 0.25) is 0 Å². The van der Waals surface area contributed by atoms with Crippen molar-refractivity contribution in [3.8, 4) is 0 Å². The Morgan fingerprint density at radius 2 is 2.14 bits per heavy atom. The zero-order chi connectivity index (χ0) is 16.2. The molecule has 2 rings (SSSR count). The van der Waals surface area contributed by atoms with Crippen LogP contribution in [0.1, 0.15) is 53.4 Å². The number of rotatable bonds is 5. The van der Waals surface area contributed by atoms with E-state index >= 15 is 0 Å². The van der Waals surface area contributed by atoms with Crippen molar-refractivity contribution in [3.63, 3.8) is 0 Å². The molecule has 1 aromatic heterocycles. The van der Waals surface area contributed by atoms with Gasteiger partial charge in [0.2, 0.25) is 0 Å². The van der Waals surface area contributed by atoms with Crippen LogP contribution in [0.3, 0.4) is 0 Å². The zero-order valence-electron chi connectivity index (χ0n) is 14.1. The number of aromatic nitrogens is 2. The number of alkyl carbamates (subject to hydrolysis) is 1. The lowest BCUT2D eigenvalue weighted by atomic mass is 10.1. The first-order valence-electron chi connectivity index (χ1n) is 8.16. The van der Waals surface area contributed by atoms with Crippen molar-refractivity contribution in [2.75, 3.05) is 5.32 Å². The maximum Gasteiger partial charge on any atom is 0.407 e. The van der Waals surface area contributed by atoms with E-state index in [0.29, 0.717) is 0 Å². The van der Waals surface area contributed by atoms with Crippen molar-refractivity contribution in [1.29, 1.82) is 0 Å². The highest BCUT2D eigenvalue weighted by Gasteiger charge is 2.30. The van der Waals surface area contributed by atoms with E-state index < -0.39 is 5.60 Å². The summed E-state index contributed by atoms with van der Waals surface area (Å²) in [5.41, 5.74) is 0.545. The molecule has 1 amide bonds. The van der Waals surface area contributed by atoms with Gasteiger partial charge in [0.05, 0.1) is 17.9 Å². The summed E-state index contributed by atoms with van der Waals surface area (Å²) in [6.07, 6.45) is 7.70. The summed E-state index contributed by atoms with van der Waals surface area (Å²) < 4.78 is 7.28. The quantitative estimate of drug-likeness (QED) is 0.877. The van der Waals surface area contributed by atoms with E-state index in [9.17, 15) is 4.79 Å². The number of anilines is 1. The molecule has 1 saturated carbocycles. The molecule has 0 radical (unpaired) electrons. The standard InChI is InChI=1S/C16H28N4O2/c1-5-9-20-11-12(10-17-20)18-13-7-6-8-14(13)19-15(21)22-16(2,3)4/h10-11,13-14,18H,5-9H2,1-4H3,(H,19,21)/t13-,14-/m1/s1. The van der Waals surface area contributed by atoms with Crippen molar-refractivity contribution in [2.45, 2.75) is 77.6 Å². The fourth-order valence-electron chi connectivity index (χ4n) is 2.77. The minimum atomic E-state index is -0.465. The number of nitrogens with zero attached hydrogens (tertiary/aromatic N) is 2. The molecule has 124 valence electrons. The lowest BCUT2D eigenvalue weighted by Gasteiger charge is -2.25. The third-order valence-electron chi connectivity index (χ3n) is 3.66. The van der Waals surface area contributed by atoms with Gasteiger partial charge in [-0.1, -0.05) is 6.92 Å². The summed E-state index contributed by atoms with van der Waals surface area (Å²) in [5, 5.41) is 10.8. The van der Waals surface area contributed by atoms with E-state index in [1.165, 1.54) is 0 Å². The smallest absolute Gasteiger partial charge is 0.407 e. The summed E-state index contributed by atoms with van der Waals surface area (Å²) >= 11 is 0. The van der Waals surface area contributed by atoms with Crippen LogP contribution in [0, 0.1) is 0 Å². The second-order valence-electron chi connectivity index (χ2n) is 6.93. The Bertz CT molecular complexity index is 493. The van der Waals surface area contributed by atoms with Crippen LogP contribution in [-0.4, -0.2) is 33.6 Å². The van der Waals surface area contributed by atoms with Crippen LogP contribution < -0.4 is 10.6 Å². The maximum absolute atomic E-state index is 11.9. The Morgan fingerprint density at radius 3 is 2.82 bits per heavy atom. The van der Waals surface area contributed by atoms with Gasteiger partial charge in [-0.05, 0) is 46.5 Å². The third-order valence-corrected chi connectivity index (χ3v) is 3.66. The van der Waals surface area contributed by atoms with Crippen LogP contribution in [-0.2, 0) is 11.3 Å². The number of hydrogen-bond donors (Lipinski definition) is 2. The Kier molecular flexibility index (Phi) is 5.32. The number of carbonyl (C=O) groups excluding carboxylic acids is 1. The molecule has 1 fully saturated rings. The average molecular weight is 308 g/mol. The van der Waals surface area contributed by atoms with Gasteiger partial charge in [0.25, 0.3) is 0 Å². The number of hydrogen-bond acceptors (Lipinski definition) is 4. The van der Waals surface area contributed by atoms with Crippen molar-refractivity contribution < 1.29 is 9.53 Å². The molecule has 0 bridgehead atoms. The van der Waals surface area contributed by atoms with Crippen LogP contribution >= 0.6 is 0 Å². The van der Waals surface area contributed by atoms with Gasteiger partial charge in [-0.3, -0.25) is 4.68 Å². The van der Waals surface area contributed by atoms with Gasteiger partial charge in [-0.25, -0.2) is 4.79 Å². The average Bonchev–Trinajstić information content (AvgIpc) is 2.99. The fraction of sp³-hybridized carbons (Fsp3) is 0.750. The second kappa shape index (κ2) is 7.03. The highest BCUT2D eigenvalue weighted by Crippen LogP contribution is 2.23. The Labute approximate surface area is 132 Å². The molecule has 1 aliphatic rings. The molecule has 2 atom stereocenters. The maximum atomic E-state index is 11.9. The topological polar surface area (TPSA) is 68.2 Å². The molecule has 0 spiro atoms. The predicted octanol–water partition coefficient (Wildman–Crippen LogP) is 3.15. The number of carbonyl (C=O) groups is 1. The van der Waals surface area contributed by atoms with E-state index in [1.807, 2.05) is 37.8 Å². The van der Waals surface area contributed by atoms with Crippen LogP contribution in [0.25, 0.3) is 0 Å². The van der Waals surface area contributed by atoms with Crippen molar-refractivity contribution >= 4 is 11.8 Å². The van der Waals surface area contributed by atoms with Gasteiger partial charge in [-0.15, -0.1) is 0 Å². The number of nitrogens with one attached hydrogen (secondary N) is 2. The normalized spacial score (nSPS) is 21.6. The summed E-state index contributed by atoms with van der Waals surface area (Å²) in [6.45, 7) is 8.68. The fourth-order valence-corrected chi connectivity index (χ4v) is 2.77. The molecule has 22 heavy (non-hydrogen) atoms. The SMILES string of the molecule is CCCn1cc(N[C@@H]2CCC[C@H]2NC(=O)OC(C)(C)C)cn1. The van der Waals surface area contributed by atoms with E-state index in [1.54, 1.807) is 0 Å². The summed E-state index contributed by atoms with van der Waals surface area (Å²) in [6, 6.07) is 0.330. The molecule has 0 unspecified atom stereocenters.